The van der Waals surface area contributed by atoms with Gasteiger partial charge in [-0.2, -0.15) is 0 Å². The molecule has 0 fully saturated rings. The van der Waals surface area contributed by atoms with E-state index in [0.29, 0.717) is 23.4 Å². The topological polar surface area (TPSA) is 58.6 Å². The number of carbonyl (C=O) groups excluding carboxylic acids is 2. The quantitative estimate of drug-likeness (QED) is 0.675. The van der Waals surface area contributed by atoms with Crippen molar-refractivity contribution in [1.29, 1.82) is 0 Å². The molecule has 3 aromatic carbocycles. The minimum atomic E-state index is -0.208. The van der Waals surface area contributed by atoms with Crippen molar-refractivity contribution < 1.29 is 14.3 Å². The number of rotatable bonds is 6. The summed E-state index contributed by atoms with van der Waals surface area (Å²) in [5, 5.41) is 2.90. The first-order valence-electron chi connectivity index (χ1n) is 9.34. The summed E-state index contributed by atoms with van der Waals surface area (Å²) in [4.78, 5) is 27.0. The third-order valence-corrected chi connectivity index (χ3v) is 4.72. The van der Waals surface area contributed by atoms with Crippen molar-refractivity contribution in [3.63, 3.8) is 0 Å². The third kappa shape index (κ3) is 4.82. The number of benzene rings is 3. The van der Waals surface area contributed by atoms with E-state index in [9.17, 15) is 9.59 Å². The van der Waals surface area contributed by atoms with Gasteiger partial charge in [-0.05, 0) is 42.8 Å². The van der Waals surface area contributed by atoms with Crippen molar-refractivity contribution in [1.82, 2.24) is 4.90 Å². The monoisotopic (exact) mass is 388 g/mol. The molecule has 0 aromatic heterocycles. The van der Waals surface area contributed by atoms with Gasteiger partial charge >= 0.3 is 0 Å². The van der Waals surface area contributed by atoms with Crippen LogP contribution in [0.4, 0.5) is 5.69 Å². The first-order chi connectivity index (χ1) is 14.0. The van der Waals surface area contributed by atoms with Crippen LogP contribution in [-0.2, 0) is 6.54 Å². The summed E-state index contributed by atoms with van der Waals surface area (Å²) < 4.78 is 5.37. The van der Waals surface area contributed by atoms with Crippen LogP contribution in [0, 0.1) is 6.92 Å². The lowest BCUT2D eigenvalue weighted by molar-refractivity contribution is 0.0784. The van der Waals surface area contributed by atoms with Crippen LogP contribution in [-0.4, -0.2) is 30.9 Å². The van der Waals surface area contributed by atoms with Crippen molar-refractivity contribution in [2.45, 2.75) is 13.5 Å². The molecule has 1 N–H and O–H groups in total. The maximum absolute atomic E-state index is 12.9. The second-order valence-corrected chi connectivity index (χ2v) is 6.82. The van der Waals surface area contributed by atoms with Gasteiger partial charge in [0.2, 0.25) is 0 Å². The Hall–Kier alpha value is -3.60. The van der Waals surface area contributed by atoms with Gasteiger partial charge in [-0.15, -0.1) is 0 Å². The fourth-order valence-corrected chi connectivity index (χ4v) is 3.06. The van der Waals surface area contributed by atoms with Crippen LogP contribution in [0.5, 0.6) is 5.75 Å². The highest BCUT2D eigenvalue weighted by molar-refractivity contribution is 6.05. The Bertz CT molecular complexity index is 1020. The molecular weight excluding hydrogens is 364 g/mol. The highest BCUT2D eigenvalue weighted by Gasteiger charge is 2.16. The lowest BCUT2D eigenvalue weighted by atomic mass is 10.1. The molecule has 0 atom stereocenters. The van der Waals surface area contributed by atoms with Gasteiger partial charge in [-0.1, -0.05) is 42.5 Å². The predicted octanol–water partition coefficient (Wildman–Crippen LogP) is 4.53. The summed E-state index contributed by atoms with van der Waals surface area (Å²) in [6, 6.07) is 21.9. The molecule has 3 rings (SSSR count). The van der Waals surface area contributed by atoms with Crippen LogP contribution in [0.2, 0.25) is 0 Å². The van der Waals surface area contributed by atoms with Gasteiger partial charge in [0.15, 0.2) is 0 Å². The Kier molecular flexibility index (Phi) is 6.29. The third-order valence-electron chi connectivity index (χ3n) is 4.72. The Morgan fingerprint density at radius 1 is 0.931 bits per heavy atom. The van der Waals surface area contributed by atoms with Gasteiger partial charge in [0.05, 0.1) is 7.11 Å². The normalized spacial score (nSPS) is 10.3. The molecule has 2 amide bonds. The van der Waals surface area contributed by atoms with Crippen LogP contribution in [0.1, 0.15) is 31.8 Å². The van der Waals surface area contributed by atoms with Crippen molar-refractivity contribution in [2.24, 2.45) is 0 Å². The van der Waals surface area contributed by atoms with E-state index in [2.05, 4.69) is 5.32 Å². The molecule has 29 heavy (non-hydrogen) atoms. The standard InChI is InChI=1S/C24H24N2O3/c1-17-13-14-19(15-21(17)25-23(27)18-9-5-4-6-10-18)24(28)26(2)16-20-11-7-8-12-22(20)29-3/h4-15H,16H2,1-3H3,(H,25,27). The molecule has 0 saturated heterocycles. The van der Waals surface area contributed by atoms with Crippen molar-refractivity contribution >= 4 is 17.5 Å². The number of methoxy groups -OCH3 is 1. The van der Waals surface area contributed by atoms with E-state index in [0.717, 1.165) is 16.9 Å². The lowest BCUT2D eigenvalue weighted by Gasteiger charge is -2.20. The van der Waals surface area contributed by atoms with Crippen LogP contribution in [0.3, 0.4) is 0 Å². The molecule has 0 bridgehead atoms. The Balaban J connectivity index is 1.77. The summed E-state index contributed by atoms with van der Waals surface area (Å²) in [6.07, 6.45) is 0. The summed E-state index contributed by atoms with van der Waals surface area (Å²) in [5.74, 6) is 0.402. The zero-order valence-corrected chi connectivity index (χ0v) is 16.8. The van der Waals surface area contributed by atoms with E-state index in [1.54, 1.807) is 43.3 Å². The highest BCUT2D eigenvalue weighted by Crippen LogP contribution is 2.22. The number of anilines is 1. The number of nitrogens with one attached hydrogen (secondary N) is 1. The van der Waals surface area contributed by atoms with E-state index in [-0.39, 0.29) is 11.8 Å². The molecule has 148 valence electrons. The number of hydrogen-bond donors (Lipinski definition) is 1. The zero-order chi connectivity index (χ0) is 20.8. The second-order valence-electron chi connectivity index (χ2n) is 6.82. The average Bonchev–Trinajstić information content (AvgIpc) is 2.75. The van der Waals surface area contributed by atoms with E-state index < -0.39 is 0 Å². The number of hydrogen-bond acceptors (Lipinski definition) is 3. The predicted molar refractivity (Wildman–Crippen MR) is 114 cm³/mol. The van der Waals surface area contributed by atoms with E-state index in [4.69, 9.17) is 4.74 Å². The number of ether oxygens (including phenoxy) is 1. The largest absolute Gasteiger partial charge is 0.496 e. The molecule has 0 unspecified atom stereocenters. The molecule has 0 aliphatic heterocycles. The number of aryl methyl sites for hydroxylation is 1. The van der Waals surface area contributed by atoms with Crippen LogP contribution >= 0.6 is 0 Å². The minimum absolute atomic E-state index is 0.133. The van der Waals surface area contributed by atoms with Gasteiger partial charge in [0.25, 0.3) is 11.8 Å². The van der Waals surface area contributed by atoms with Crippen molar-refractivity contribution in [3.05, 3.63) is 95.1 Å². The Morgan fingerprint density at radius 3 is 2.34 bits per heavy atom. The maximum Gasteiger partial charge on any atom is 0.255 e. The molecule has 3 aromatic rings. The fourth-order valence-electron chi connectivity index (χ4n) is 3.06. The molecule has 0 heterocycles. The summed E-state index contributed by atoms with van der Waals surface area (Å²) in [6.45, 7) is 2.32. The van der Waals surface area contributed by atoms with Crippen molar-refractivity contribution in [3.8, 4) is 5.75 Å². The fraction of sp³-hybridized carbons (Fsp3) is 0.167. The Morgan fingerprint density at radius 2 is 1.62 bits per heavy atom. The molecule has 5 heteroatoms. The molecular formula is C24H24N2O3. The van der Waals surface area contributed by atoms with E-state index in [1.807, 2.05) is 55.5 Å². The molecule has 0 radical (unpaired) electrons. The average molecular weight is 388 g/mol. The summed E-state index contributed by atoms with van der Waals surface area (Å²) in [7, 11) is 3.36. The number of para-hydroxylation sites is 1. The van der Waals surface area contributed by atoms with Crippen LogP contribution in [0.15, 0.2) is 72.8 Å². The first-order valence-corrected chi connectivity index (χ1v) is 9.34. The van der Waals surface area contributed by atoms with Gasteiger partial charge in [0.1, 0.15) is 5.75 Å². The van der Waals surface area contributed by atoms with Gasteiger partial charge in [0, 0.05) is 36.0 Å². The van der Waals surface area contributed by atoms with Gasteiger partial charge in [-0.3, -0.25) is 9.59 Å². The maximum atomic E-state index is 12.9. The van der Waals surface area contributed by atoms with E-state index in [1.165, 1.54) is 0 Å². The number of amides is 2. The molecule has 0 aliphatic carbocycles. The van der Waals surface area contributed by atoms with Crippen LogP contribution < -0.4 is 10.1 Å². The van der Waals surface area contributed by atoms with E-state index >= 15 is 0 Å². The van der Waals surface area contributed by atoms with Crippen molar-refractivity contribution in [2.75, 3.05) is 19.5 Å². The minimum Gasteiger partial charge on any atom is -0.496 e. The first kappa shape index (κ1) is 20.1. The molecule has 0 aliphatic rings. The summed E-state index contributed by atoms with van der Waals surface area (Å²) in [5.41, 5.74) is 3.51. The zero-order valence-electron chi connectivity index (χ0n) is 16.8. The van der Waals surface area contributed by atoms with Gasteiger partial charge < -0.3 is 15.0 Å². The SMILES string of the molecule is COc1ccccc1CN(C)C(=O)c1ccc(C)c(NC(=O)c2ccccc2)c1. The second kappa shape index (κ2) is 9.06. The molecule has 0 spiro atoms. The van der Waals surface area contributed by atoms with Crippen LogP contribution in [0.25, 0.3) is 0 Å². The highest BCUT2D eigenvalue weighted by atomic mass is 16.5. The number of nitrogens with zero attached hydrogens (tertiary/aromatic N) is 1. The molecule has 5 nitrogen and oxygen atoms in total. The molecule has 0 saturated carbocycles. The summed E-state index contributed by atoms with van der Waals surface area (Å²) >= 11 is 0. The smallest absolute Gasteiger partial charge is 0.255 e. The Labute approximate surface area is 170 Å². The van der Waals surface area contributed by atoms with Gasteiger partial charge in [-0.25, -0.2) is 0 Å². The number of carbonyl (C=O) groups is 2. The lowest BCUT2D eigenvalue weighted by Crippen LogP contribution is -2.26.